The van der Waals surface area contributed by atoms with Gasteiger partial charge < -0.3 is 15.8 Å². The van der Waals surface area contributed by atoms with Crippen LogP contribution >= 0.6 is 11.6 Å². The van der Waals surface area contributed by atoms with E-state index in [2.05, 4.69) is 20.3 Å². The minimum atomic E-state index is 0.124. The average molecular weight is 342 g/mol. The van der Waals surface area contributed by atoms with E-state index < -0.39 is 0 Å². The maximum Gasteiger partial charge on any atom is 0.223 e. The van der Waals surface area contributed by atoms with Gasteiger partial charge in [-0.2, -0.15) is 4.98 Å². The van der Waals surface area contributed by atoms with Crippen molar-refractivity contribution in [2.75, 3.05) is 11.1 Å². The molecule has 122 valence electrons. The molecule has 6 nitrogen and oxygen atoms in total. The van der Waals surface area contributed by atoms with Crippen LogP contribution in [0.1, 0.15) is 12.1 Å². The van der Waals surface area contributed by atoms with Gasteiger partial charge in [-0.15, -0.1) is 0 Å². The first-order valence-corrected chi connectivity index (χ1v) is 7.72. The van der Waals surface area contributed by atoms with Gasteiger partial charge in [-0.25, -0.2) is 4.98 Å². The highest BCUT2D eigenvalue weighted by Gasteiger charge is 2.05. The number of hydrogen-bond donors (Lipinski definition) is 2. The van der Waals surface area contributed by atoms with Crippen molar-refractivity contribution in [2.24, 2.45) is 0 Å². The van der Waals surface area contributed by atoms with Crippen LogP contribution in [0.2, 0.25) is 5.15 Å². The summed E-state index contributed by atoms with van der Waals surface area (Å²) in [6, 6.07) is 5.32. The first kappa shape index (κ1) is 16.0. The molecule has 0 amide bonds. The van der Waals surface area contributed by atoms with E-state index in [0.29, 0.717) is 17.4 Å². The normalized spacial score (nSPS) is 13.8. The predicted octanol–water partition coefficient (Wildman–Crippen LogP) is 3.63. The number of halogens is 1. The topological polar surface area (TPSA) is 86.0 Å². The standard InChI is InChI=1S/C17H16ClN5O/c1-11-9-14(7-8-20-11)24-13-4-2-3-12(5-6-13)21-16-10-15(18)22-17(19)23-16/h3-10H,2H2,1H3,(H3,19,21,22,23). The van der Waals surface area contributed by atoms with Gasteiger partial charge in [0.15, 0.2) is 0 Å². The lowest BCUT2D eigenvalue weighted by Crippen LogP contribution is -2.03. The van der Waals surface area contributed by atoms with Crippen LogP contribution in [0.15, 0.2) is 60.2 Å². The molecular formula is C17H16ClN5O. The Hall–Kier alpha value is -2.86. The van der Waals surface area contributed by atoms with Crippen LogP contribution in [-0.2, 0) is 0 Å². The van der Waals surface area contributed by atoms with Crippen molar-refractivity contribution >= 4 is 23.4 Å². The molecule has 3 N–H and O–H groups in total. The van der Waals surface area contributed by atoms with E-state index in [1.54, 1.807) is 12.3 Å². The van der Waals surface area contributed by atoms with E-state index in [-0.39, 0.29) is 5.95 Å². The molecule has 2 heterocycles. The fourth-order valence-electron chi connectivity index (χ4n) is 2.14. The molecule has 24 heavy (non-hydrogen) atoms. The van der Waals surface area contributed by atoms with Crippen molar-refractivity contribution in [1.82, 2.24) is 15.0 Å². The highest BCUT2D eigenvalue weighted by atomic mass is 35.5. The molecule has 0 aliphatic heterocycles. The summed E-state index contributed by atoms with van der Waals surface area (Å²) in [5.41, 5.74) is 7.37. The van der Waals surface area contributed by atoms with Gasteiger partial charge in [-0.1, -0.05) is 17.7 Å². The Morgan fingerprint density at radius 2 is 2.08 bits per heavy atom. The Labute approximate surface area is 144 Å². The SMILES string of the molecule is Cc1cc(OC2=CCC=C(Nc3cc(Cl)nc(N)n3)C=C2)ccn1. The van der Waals surface area contributed by atoms with Crippen molar-refractivity contribution in [1.29, 1.82) is 0 Å². The molecule has 3 rings (SSSR count). The average Bonchev–Trinajstić information content (AvgIpc) is 2.72. The number of allylic oxidation sites excluding steroid dienone is 4. The Morgan fingerprint density at radius 3 is 2.88 bits per heavy atom. The Morgan fingerprint density at radius 1 is 1.21 bits per heavy atom. The predicted molar refractivity (Wildman–Crippen MR) is 94.6 cm³/mol. The summed E-state index contributed by atoms with van der Waals surface area (Å²) in [5.74, 6) is 2.18. The first-order chi connectivity index (χ1) is 11.6. The van der Waals surface area contributed by atoms with Gasteiger partial charge >= 0.3 is 0 Å². The zero-order chi connectivity index (χ0) is 16.9. The Balaban J connectivity index is 1.68. The van der Waals surface area contributed by atoms with Crippen LogP contribution in [0, 0.1) is 6.92 Å². The summed E-state index contributed by atoms with van der Waals surface area (Å²) in [7, 11) is 0. The lowest BCUT2D eigenvalue weighted by molar-refractivity contribution is 0.441. The van der Waals surface area contributed by atoms with Crippen molar-refractivity contribution in [2.45, 2.75) is 13.3 Å². The minimum absolute atomic E-state index is 0.124. The van der Waals surface area contributed by atoms with Crippen molar-refractivity contribution in [3.05, 3.63) is 71.0 Å². The maximum absolute atomic E-state index is 5.88. The number of nitrogen functional groups attached to an aromatic ring is 1. The maximum atomic E-state index is 5.88. The van der Waals surface area contributed by atoms with E-state index in [0.717, 1.165) is 22.9 Å². The molecule has 1 aliphatic carbocycles. The zero-order valence-electron chi connectivity index (χ0n) is 13.0. The molecule has 0 fully saturated rings. The Bertz CT molecular complexity index is 824. The second-order valence-corrected chi connectivity index (χ2v) is 5.52. The number of aromatic nitrogens is 3. The molecule has 0 spiro atoms. The second-order valence-electron chi connectivity index (χ2n) is 5.13. The minimum Gasteiger partial charge on any atom is -0.458 e. The largest absolute Gasteiger partial charge is 0.458 e. The fraction of sp³-hybridized carbons (Fsp3) is 0.118. The van der Waals surface area contributed by atoms with Gasteiger partial charge in [0.1, 0.15) is 22.5 Å². The third kappa shape index (κ3) is 4.33. The smallest absolute Gasteiger partial charge is 0.223 e. The monoisotopic (exact) mass is 341 g/mol. The summed E-state index contributed by atoms with van der Waals surface area (Å²) in [6.45, 7) is 1.92. The molecule has 0 atom stereocenters. The van der Waals surface area contributed by atoms with Crippen LogP contribution < -0.4 is 15.8 Å². The highest BCUT2D eigenvalue weighted by Crippen LogP contribution is 2.19. The van der Waals surface area contributed by atoms with Crippen LogP contribution in [-0.4, -0.2) is 15.0 Å². The lowest BCUT2D eigenvalue weighted by Gasteiger charge is -2.07. The fourth-order valence-corrected chi connectivity index (χ4v) is 2.33. The summed E-state index contributed by atoms with van der Waals surface area (Å²) in [6.07, 6.45) is 10.2. The molecule has 0 radical (unpaired) electrons. The molecule has 0 saturated carbocycles. The number of hydrogen-bond acceptors (Lipinski definition) is 6. The quantitative estimate of drug-likeness (QED) is 0.826. The van der Waals surface area contributed by atoms with Crippen LogP contribution in [0.3, 0.4) is 0 Å². The number of nitrogens with one attached hydrogen (secondary N) is 1. The van der Waals surface area contributed by atoms with Crippen LogP contribution in [0.5, 0.6) is 5.75 Å². The molecule has 7 heteroatoms. The van der Waals surface area contributed by atoms with Gasteiger partial charge in [0, 0.05) is 29.7 Å². The molecule has 2 aromatic heterocycles. The third-order valence-corrected chi connectivity index (χ3v) is 3.37. The van der Waals surface area contributed by atoms with Gasteiger partial charge in [0.2, 0.25) is 5.95 Å². The molecule has 0 aromatic carbocycles. The summed E-state index contributed by atoms with van der Waals surface area (Å²) < 4.78 is 5.86. The Kier molecular flexibility index (Phi) is 4.77. The molecule has 2 aromatic rings. The number of ether oxygens (including phenoxy) is 1. The van der Waals surface area contributed by atoms with Crippen LogP contribution in [0.4, 0.5) is 11.8 Å². The van der Waals surface area contributed by atoms with Crippen molar-refractivity contribution in [3.8, 4) is 5.75 Å². The van der Waals surface area contributed by atoms with Gasteiger partial charge in [0.25, 0.3) is 0 Å². The molecular weight excluding hydrogens is 326 g/mol. The molecule has 0 saturated heterocycles. The second kappa shape index (κ2) is 7.14. The van der Waals surface area contributed by atoms with Gasteiger partial charge in [-0.05, 0) is 37.6 Å². The number of pyridine rings is 1. The van der Waals surface area contributed by atoms with Gasteiger partial charge in [-0.3, -0.25) is 4.98 Å². The van der Waals surface area contributed by atoms with Crippen molar-refractivity contribution < 1.29 is 4.74 Å². The molecule has 0 bridgehead atoms. The molecule has 1 aliphatic rings. The van der Waals surface area contributed by atoms with E-state index in [4.69, 9.17) is 22.1 Å². The third-order valence-electron chi connectivity index (χ3n) is 3.17. The first-order valence-electron chi connectivity index (χ1n) is 7.34. The summed E-state index contributed by atoms with van der Waals surface area (Å²) in [4.78, 5) is 12.1. The van der Waals surface area contributed by atoms with E-state index in [9.17, 15) is 0 Å². The number of rotatable bonds is 4. The van der Waals surface area contributed by atoms with Crippen LogP contribution in [0.25, 0.3) is 0 Å². The number of aryl methyl sites for hydroxylation is 1. The number of anilines is 2. The zero-order valence-corrected chi connectivity index (χ0v) is 13.8. The lowest BCUT2D eigenvalue weighted by atomic mass is 10.3. The van der Waals surface area contributed by atoms with Gasteiger partial charge in [0.05, 0.1) is 0 Å². The summed E-state index contributed by atoms with van der Waals surface area (Å²) in [5, 5.41) is 3.45. The van der Waals surface area contributed by atoms with E-state index >= 15 is 0 Å². The highest BCUT2D eigenvalue weighted by molar-refractivity contribution is 6.29. The number of nitrogens with zero attached hydrogens (tertiary/aromatic N) is 3. The van der Waals surface area contributed by atoms with E-state index in [1.807, 2.05) is 43.4 Å². The van der Waals surface area contributed by atoms with Crippen molar-refractivity contribution in [3.63, 3.8) is 0 Å². The van der Waals surface area contributed by atoms with E-state index in [1.165, 1.54) is 0 Å². The number of nitrogens with two attached hydrogens (primary N) is 1. The summed E-state index contributed by atoms with van der Waals surface area (Å²) >= 11 is 5.88. The molecule has 0 unspecified atom stereocenters.